The highest BCUT2D eigenvalue weighted by molar-refractivity contribution is 6.33. The Labute approximate surface area is 143 Å². The van der Waals surface area contributed by atoms with Gasteiger partial charge in [0.15, 0.2) is 0 Å². The molecule has 0 spiro atoms. The summed E-state index contributed by atoms with van der Waals surface area (Å²) in [5.41, 5.74) is 0.00451. The van der Waals surface area contributed by atoms with Crippen LogP contribution in [0.15, 0.2) is 23.0 Å². The number of aromatic nitrogens is 3. The van der Waals surface area contributed by atoms with E-state index in [1.807, 2.05) is 0 Å². The van der Waals surface area contributed by atoms with Gasteiger partial charge in [-0.15, -0.1) is 0 Å². The number of hydrogen-bond donors (Lipinski definition) is 0. The van der Waals surface area contributed by atoms with Crippen molar-refractivity contribution in [1.82, 2.24) is 19.2 Å². The fourth-order valence-electron chi connectivity index (χ4n) is 3.09. The monoisotopic (exact) mass is 352 g/mol. The van der Waals surface area contributed by atoms with Gasteiger partial charge in [-0.2, -0.15) is 5.10 Å². The van der Waals surface area contributed by atoms with Gasteiger partial charge in [-0.05, 0) is 31.0 Å². The van der Waals surface area contributed by atoms with Gasteiger partial charge < -0.3 is 4.90 Å². The first kappa shape index (κ1) is 16.7. The summed E-state index contributed by atoms with van der Waals surface area (Å²) in [6, 6.07) is 3.69. The summed E-state index contributed by atoms with van der Waals surface area (Å²) in [6.07, 6.45) is 1.93. The zero-order valence-corrected chi connectivity index (χ0v) is 14.3. The van der Waals surface area contributed by atoms with Crippen molar-refractivity contribution in [3.05, 3.63) is 50.9 Å². The smallest absolute Gasteiger partial charge is 0.339 e. The molecule has 1 atom stereocenters. The number of fused-ring (bicyclic) bond motifs is 1. The van der Waals surface area contributed by atoms with E-state index in [9.17, 15) is 14.0 Å². The summed E-state index contributed by atoms with van der Waals surface area (Å²) in [5.74, 6) is -0.0905. The standard InChI is InChI=1S/C16H18ClFN4O2/c1-20(15(23)12-9-10(18)3-5-13(12)17)11-4-6-14-19-21(2)16(24)22(14)8-7-11/h3,5,9,11H,4,6-8H2,1-2H3. The third-order valence-electron chi connectivity index (χ3n) is 4.50. The second-order valence-electron chi connectivity index (χ2n) is 6.00. The van der Waals surface area contributed by atoms with Gasteiger partial charge in [0, 0.05) is 33.1 Å². The molecule has 0 radical (unpaired) electrons. The highest BCUT2D eigenvalue weighted by atomic mass is 35.5. The molecule has 24 heavy (non-hydrogen) atoms. The van der Waals surface area contributed by atoms with Crippen LogP contribution in [0.25, 0.3) is 0 Å². The van der Waals surface area contributed by atoms with Crippen molar-refractivity contribution >= 4 is 17.5 Å². The summed E-state index contributed by atoms with van der Waals surface area (Å²) in [7, 11) is 3.31. The summed E-state index contributed by atoms with van der Waals surface area (Å²) in [5, 5.41) is 4.45. The highest BCUT2D eigenvalue weighted by Crippen LogP contribution is 2.22. The van der Waals surface area contributed by atoms with E-state index in [-0.39, 0.29) is 28.2 Å². The Balaban J connectivity index is 1.79. The van der Waals surface area contributed by atoms with Crippen LogP contribution in [-0.2, 0) is 20.0 Å². The molecule has 0 bridgehead atoms. The van der Waals surface area contributed by atoms with E-state index in [4.69, 9.17) is 11.6 Å². The molecule has 1 amide bonds. The number of nitrogens with zero attached hydrogens (tertiary/aromatic N) is 4. The topological polar surface area (TPSA) is 60.1 Å². The summed E-state index contributed by atoms with van der Waals surface area (Å²) in [4.78, 5) is 26.2. The van der Waals surface area contributed by atoms with Gasteiger partial charge in [0.1, 0.15) is 11.6 Å². The highest BCUT2D eigenvalue weighted by Gasteiger charge is 2.27. The van der Waals surface area contributed by atoms with E-state index in [2.05, 4.69) is 5.10 Å². The van der Waals surface area contributed by atoms with Gasteiger partial charge in [0.05, 0.1) is 10.6 Å². The minimum Gasteiger partial charge on any atom is -0.339 e. The van der Waals surface area contributed by atoms with Crippen molar-refractivity contribution in [1.29, 1.82) is 0 Å². The van der Waals surface area contributed by atoms with Crippen LogP contribution in [-0.4, -0.2) is 38.2 Å². The van der Waals surface area contributed by atoms with Crippen molar-refractivity contribution < 1.29 is 9.18 Å². The fourth-order valence-corrected chi connectivity index (χ4v) is 3.29. The van der Waals surface area contributed by atoms with Crippen molar-refractivity contribution in [2.45, 2.75) is 31.8 Å². The van der Waals surface area contributed by atoms with Crippen LogP contribution in [0.2, 0.25) is 5.02 Å². The normalized spacial score (nSPS) is 17.2. The molecule has 2 heterocycles. The van der Waals surface area contributed by atoms with E-state index < -0.39 is 5.82 Å². The number of carbonyl (C=O) groups excluding carboxylic acids is 1. The van der Waals surface area contributed by atoms with Crippen LogP contribution in [0.5, 0.6) is 0 Å². The van der Waals surface area contributed by atoms with Gasteiger partial charge in [-0.25, -0.2) is 13.9 Å². The molecule has 8 heteroatoms. The van der Waals surface area contributed by atoms with E-state index in [1.165, 1.54) is 16.8 Å². The molecule has 0 fully saturated rings. The molecule has 3 rings (SSSR count). The maximum absolute atomic E-state index is 13.4. The van der Waals surface area contributed by atoms with E-state index in [0.717, 1.165) is 11.9 Å². The molecule has 1 aliphatic rings. The maximum atomic E-state index is 13.4. The van der Waals surface area contributed by atoms with Crippen LogP contribution in [0.3, 0.4) is 0 Å². The van der Waals surface area contributed by atoms with Gasteiger partial charge in [0.25, 0.3) is 5.91 Å². The molecular formula is C16H18ClFN4O2. The SMILES string of the molecule is CN(C(=O)c1cc(F)ccc1Cl)C1CCc2nn(C)c(=O)n2CC1. The number of carbonyl (C=O) groups is 1. The molecule has 1 aromatic carbocycles. The molecule has 6 nitrogen and oxygen atoms in total. The Hall–Kier alpha value is -2.15. The molecular weight excluding hydrogens is 335 g/mol. The van der Waals surface area contributed by atoms with Crippen molar-refractivity contribution in [3.8, 4) is 0 Å². The molecule has 2 aromatic rings. The molecule has 1 unspecified atom stereocenters. The lowest BCUT2D eigenvalue weighted by Crippen LogP contribution is -2.38. The largest absolute Gasteiger partial charge is 0.345 e. The Bertz CT molecular complexity index is 845. The van der Waals surface area contributed by atoms with Gasteiger partial charge in [-0.3, -0.25) is 9.36 Å². The van der Waals surface area contributed by atoms with Gasteiger partial charge >= 0.3 is 5.69 Å². The first-order valence-corrected chi connectivity index (χ1v) is 8.11. The molecule has 0 aliphatic carbocycles. The average Bonchev–Trinajstić information content (AvgIpc) is 2.73. The van der Waals surface area contributed by atoms with Gasteiger partial charge in [-0.1, -0.05) is 11.6 Å². The average molecular weight is 353 g/mol. The number of hydrogen-bond acceptors (Lipinski definition) is 3. The van der Waals surface area contributed by atoms with Crippen molar-refractivity contribution in [2.24, 2.45) is 7.05 Å². The second kappa shape index (κ2) is 6.39. The quantitative estimate of drug-likeness (QED) is 0.828. The first-order chi connectivity index (χ1) is 11.4. The molecule has 1 aliphatic heterocycles. The van der Waals surface area contributed by atoms with Crippen LogP contribution in [0.1, 0.15) is 29.0 Å². The Morgan fingerprint density at radius 3 is 2.92 bits per heavy atom. The third kappa shape index (κ3) is 2.96. The Kier molecular flexibility index (Phi) is 4.45. The summed E-state index contributed by atoms with van der Waals surface area (Å²) < 4.78 is 16.4. The lowest BCUT2D eigenvalue weighted by Gasteiger charge is -2.27. The fraction of sp³-hybridized carbons (Fsp3) is 0.438. The molecule has 0 N–H and O–H groups in total. The predicted molar refractivity (Wildman–Crippen MR) is 87.7 cm³/mol. The van der Waals surface area contributed by atoms with Crippen LogP contribution in [0, 0.1) is 5.82 Å². The second-order valence-corrected chi connectivity index (χ2v) is 6.40. The number of halogens is 2. The van der Waals surface area contributed by atoms with E-state index in [1.54, 1.807) is 23.6 Å². The molecule has 0 saturated heterocycles. The minimum atomic E-state index is -0.499. The van der Waals surface area contributed by atoms with Crippen LogP contribution >= 0.6 is 11.6 Å². The lowest BCUT2D eigenvalue weighted by molar-refractivity contribution is 0.0715. The van der Waals surface area contributed by atoms with E-state index in [0.29, 0.717) is 25.8 Å². The number of amides is 1. The van der Waals surface area contributed by atoms with Crippen molar-refractivity contribution in [2.75, 3.05) is 7.05 Å². The molecule has 1 aromatic heterocycles. The Morgan fingerprint density at radius 2 is 2.17 bits per heavy atom. The molecule has 128 valence electrons. The first-order valence-electron chi connectivity index (χ1n) is 7.73. The number of aryl methyl sites for hydroxylation is 2. The van der Waals surface area contributed by atoms with Crippen molar-refractivity contribution in [3.63, 3.8) is 0 Å². The van der Waals surface area contributed by atoms with E-state index >= 15 is 0 Å². The lowest BCUT2D eigenvalue weighted by atomic mass is 10.1. The zero-order chi connectivity index (χ0) is 17.4. The van der Waals surface area contributed by atoms with Gasteiger partial charge in [0.2, 0.25) is 0 Å². The van der Waals surface area contributed by atoms with Crippen LogP contribution < -0.4 is 5.69 Å². The number of rotatable bonds is 2. The van der Waals surface area contributed by atoms with Crippen LogP contribution in [0.4, 0.5) is 4.39 Å². The zero-order valence-electron chi connectivity index (χ0n) is 13.5. The minimum absolute atomic E-state index is 0.0664. The predicted octanol–water partition coefficient (Wildman–Crippen LogP) is 1.85. The number of benzene rings is 1. The third-order valence-corrected chi connectivity index (χ3v) is 4.83. The molecule has 0 saturated carbocycles. The summed E-state index contributed by atoms with van der Waals surface area (Å²) in [6.45, 7) is 0.501. The summed E-state index contributed by atoms with van der Waals surface area (Å²) >= 11 is 6.03. The maximum Gasteiger partial charge on any atom is 0.345 e. The Morgan fingerprint density at radius 1 is 1.42 bits per heavy atom.